The number of hydrogen-bond donors (Lipinski definition) is 5. The quantitative estimate of drug-likeness (QED) is 0.135. The monoisotopic (exact) mass is 622 g/mol. The Kier molecular flexibility index (Phi) is 9.71. The van der Waals surface area contributed by atoms with Crippen molar-refractivity contribution in [3.8, 4) is 5.75 Å². The molecule has 17 heteroatoms. The molecule has 1 fully saturated rings. The van der Waals surface area contributed by atoms with E-state index in [1.54, 1.807) is 24.3 Å². The number of aromatic nitrogens is 3. The lowest BCUT2D eigenvalue weighted by Crippen LogP contribution is -2.45. The summed E-state index contributed by atoms with van der Waals surface area (Å²) >= 11 is 0. The van der Waals surface area contributed by atoms with Crippen molar-refractivity contribution < 1.29 is 47.6 Å². The molecule has 16 nitrogen and oxygen atoms in total. The molecule has 0 aliphatic carbocycles. The summed E-state index contributed by atoms with van der Waals surface area (Å²) in [5, 5.41) is 28.6. The van der Waals surface area contributed by atoms with E-state index in [1.165, 1.54) is 51.0 Å². The molecule has 7 N–H and O–H groups in total. The molecule has 234 valence electrons. The summed E-state index contributed by atoms with van der Waals surface area (Å²) in [4.78, 5) is 27.7. The molecular formula is C26H35N6O10P. The van der Waals surface area contributed by atoms with Gasteiger partial charge in [-0.15, -0.1) is 0 Å². The van der Waals surface area contributed by atoms with Crippen LogP contribution < -0.4 is 21.1 Å². The van der Waals surface area contributed by atoms with Gasteiger partial charge in [0, 0.05) is 0 Å². The molecule has 3 aromatic rings. The van der Waals surface area contributed by atoms with Gasteiger partial charge in [0.25, 0.3) is 0 Å². The van der Waals surface area contributed by atoms with Crippen LogP contribution in [0.4, 0.5) is 5.82 Å². The standard InChI is InChI=1S/C26H35N6O10P/c1-14(24(35)38-3)31-43(37,42-16-7-5-15(6-8-16)11-17(27)25(36)39-4)40-12-26(2)22(34)20(33)21(41-26)18-9-10-19-23(28)29-13-30-32(18)19/h5-10,13-14,17,20-22,33-34H,11-12,27H2,1-4H3,(H,31,37)(H2,28,29,30)/t14-,17-,20-,21-,22-,26+,43-/m0/s1. The van der Waals surface area contributed by atoms with Crippen molar-refractivity contribution in [3.05, 3.63) is 54.0 Å². The van der Waals surface area contributed by atoms with Crippen LogP contribution in [0.25, 0.3) is 5.52 Å². The predicted molar refractivity (Wildman–Crippen MR) is 151 cm³/mol. The Bertz CT molecular complexity index is 1500. The number of carbonyl (C=O) groups excluding carboxylic acids is 2. The number of aliphatic hydroxyl groups is 2. The Balaban J connectivity index is 1.53. The van der Waals surface area contributed by atoms with Crippen LogP contribution in [-0.4, -0.2) is 87.5 Å². The highest BCUT2D eigenvalue weighted by atomic mass is 31.2. The van der Waals surface area contributed by atoms with E-state index in [0.717, 1.165) is 0 Å². The van der Waals surface area contributed by atoms with Gasteiger partial charge in [-0.2, -0.15) is 10.2 Å². The van der Waals surface area contributed by atoms with E-state index in [9.17, 15) is 24.4 Å². The highest BCUT2D eigenvalue weighted by molar-refractivity contribution is 7.52. The number of rotatable bonds is 12. The molecule has 1 aliphatic heterocycles. The smallest absolute Gasteiger partial charge is 0.459 e. The number of benzene rings is 1. The first kappa shape index (κ1) is 32.3. The van der Waals surface area contributed by atoms with E-state index < -0.39 is 62.3 Å². The van der Waals surface area contributed by atoms with Gasteiger partial charge in [0.2, 0.25) is 0 Å². The molecule has 4 rings (SSSR count). The molecule has 0 bridgehead atoms. The van der Waals surface area contributed by atoms with Crippen LogP contribution in [0.15, 0.2) is 42.7 Å². The third-order valence-electron chi connectivity index (χ3n) is 6.99. The Hall–Kier alpha value is -3.63. The van der Waals surface area contributed by atoms with Gasteiger partial charge in [-0.1, -0.05) is 12.1 Å². The highest BCUT2D eigenvalue weighted by Gasteiger charge is 2.54. The Morgan fingerprint density at radius 1 is 1.16 bits per heavy atom. The Labute approximate surface area is 246 Å². The third kappa shape index (κ3) is 6.96. The lowest BCUT2D eigenvalue weighted by Gasteiger charge is -2.30. The SMILES string of the molecule is COC(=O)[C@H](C)N[P@](=O)(OC[C@@]1(C)O[C@@H](c2ccc3c(N)ncnn23)[C@H](O)[C@@H]1O)Oc1ccc(C[C@H](N)C(=O)OC)cc1. The van der Waals surface area contributed by atoms with E-state index in [2.05, 4.69) is 19.9 Å². The van der Waals surface area contributed by atoms with E-state index in [0.29, 0.717) is 16.8 Å². The van der Waals surface area contributed by atoms with Crippen molar-refractivity contribution in [1.82, 2.24) is 19.7 Å². The average Bonchev–Trinajstić information content (AvgIpc) is 3.52. The lowest BCUT2D eigenvalue weighted by molar-refractivity contribution is -0.143. The summed E-state index contributed by atoms with van der Waals surface area (Å²) in [6.45, 7) is 2.33. The predicted octanol–water partition coefficient (Wildman–Crippen LogP) is 0.261. The van der Waals surface area contributed by atoms with Gasteiger partial charge in [-0.25, -0.2) is 14.1 Å². The van der Waals surface area contributed by atoms with Crippen LogP contribution in [0.3, 0.4) is 0 Å². The molecule has 0 saturated carbocycles. The number of methoxy groups -OCH3 is 2. The largest absolute Gasteiger partial charge is 0.468 e. The van der Waals surface area contributed by atoms with Gasteiger partial charge in [0.05, 0.1) is 26.5 Å². The van der Waals surface area contributed by atoms with Crippen molar-refractivity contribution in [2.45, 2.75) is 56.3 Å². The van der Waals surface area contributed by atoms with Crippen LogP contribution in [0.5, 0.6) is 5.75 Å². The van der Waals surface area contributed by atoms with Gasteiger partial charge >= 0.3 is 19.7 Å². The third-order valence-corrected chi connectivity index (χ3v) is 8.62. The molecular weight excluding hydrogens is 587 g/mol. The second-order valence-electron chi connectivity index (χ2n) is 10.2. The van der Waals surface area contributed by atoms with Gasteiger partial charge in [0.1, 0.15) is 53.6 Å². The summed E-state index contributed by atoms with van der Waals surface area (Å²) in [6.07, 6.45) is -2.55. The second-order valence-corrected chi connectivity index (χ2v) is 11.9. The number of nitrogen functional groups attached to an aromatic ring is 1. The number of ether oxygens (including phenoxy) is 3. The van der Waals surface area contributed by atoms with Crippen LogP contribution in [0, 0.1) is 0 Å². The molecule has 0 radical (unpaired) electrons. The molecule has 3 heterocycles. The van der Waals surface area contributed by atoms with E-state index in [4.69, 9.17) is 30.0 Å². The number of aliphatic hydroxyl groups excluding tert-OH is 2. The van der Waals surface area contributed by atoms with E-state index in [1.807, 2.05) is 0 Å². The molecule has 1 saturated heterocycles. The summed E-state index contributed by atoms with van der Waals surface area (Å²) in [7, 11) is -1.95. The summed E-state index contributed by atoms with van der Waals surface area (Å²) in [5.74, 6) is -1.00. The number of hydrogen-bond acceptors (Lipinski definition) is 14. The lowest BCUT2D eigenvalue weighted by atomic mass is 9.97. The van der Waals surface area contributed by atoms with Crippen LogP contribution in [0.2, 0.25) is 0 Å². The summed E-state index contributed by atoms with van der Waals surface area (Å²) in [6, 6.07) is 7.46. The maximum atomic E-state index is 13.9. The maximum Gasteiger partial charge on any atom is 0.459 e. The molecule has 2 aromatic heterocycles. The maximum absolute atomic E-state index is 13.9. The molecule has 1 aromatic carbocycles. The molecule has 0 unspecified atom stereocenters. The molecule has 43 heavy (non-hydrogen) atoms. The molecule has 7 atom stereocenters. The van der Waals surface area contributed by atoms with Gasteiger partial charge in [0.15, 0.2) is 5.82 Å². The minimum absolute atomic E-state index is 0.0937. The number of nitrogens with two attached hydrogens (primary N) is 2. The summed E-state index contributed by atoms with van der Waals surface area (Å²) in [5.41, 5.74) is 11.7. The van der Waals surface area contributed by atoms with Crippen LogP contribution in [0.1, 0.15) is 31.2 Å². The Morgan fingerprint density at radius 3 is 2.49 bits per heavy atom. The highest BCUT2D eigenvalue weighted by Crippen LogP contribution is 2.48. The van der Waals surface area contributed by atoms with Crippen molar-refractivity contribution in [2.24, 2.45) is 5.73 Å². The zero-order chi connectivity index (χ0) is 31.5. The molecule has 0 amide bonds. The fourth-order valence-corrected chi connectivity index (χ4v) is 6.17. The van der Waals surface area contributed by atoms with Crippen molar-refractivity contribution >= 4 is 31.0 Å². The number of nitrogens with zero attached hydrogens (tertiary/aromatic N) is 3. The molecule has 0 spiro atoms. The fraction of sp³-hybridized carbons (Fsp3) is 0.462. The van der Waals surface area contributed by atoms with Crippen LogP contribution >= 0.6 is 7.75 Å². The van der Waals surface area contributed by atoms with E-state index >= 15 is 0 Å². The van der Waals surface area contributed by atoms with Gasteiger partial charge < -0.3 is 40.4 Å². The second kappa shape index (κ2) is 12.9. The zero-order valence-electron chi connectivity index (χ0n) is 23.9. The number of anilines is 1. The number of esters is 2. The minimum atomic E-state index is -4.36. The first-order chi connectivity index (χ1) is 20.3. The van der Waals surface area contributed by atoms with Crippen LogP contribution in [-0.2, 0) is 39.3 Å². The van der Waals surface area contributed by atoms with Crippen molar-refractivity contribution in [1.29, 1.82) is 0 Å². The van der Waals surface area contributed by atoms with Gasteiger partial charge in [-0.3, -0.25) is 14.1 Å². The number of nitrogens with one attached hydrogen (secondary N) is 1. The zero-order valence-corrected chi connectivity index (χ0v) is 24.8. The first-order valence-corrected chi connectivity index (χ1v) is 14.7. The molecule has 1 aliphatic rings. The van der Waals surface area contributed by atoms with Gasteiger partial charge in [-0.05, 0) is 50.1 Å². The van der Waals surface area contributed by atoms with Crippen molar-refractivity contribution in [3.63, 3.8) is 0 Å². The van der Waals surface area contributed by atoms with E-state index in [-0.39, 0.29) is 18.0 Å². The normalized spacial score (nSPS) is 24.7. The van der Waals surface area contributed by atoms with Crippen molar-refractivity contribution in [2.75, 3.05) is 26.6 Å². The number of carbonyl (C=O) groups is 2. The minimum Gasteiger partial charge on any atom is -0.468 e. The Morgan fingerprint density at radius 2 is 1.84 bits per heavy atom. The first-order valence-electron chi connectivity index (χ1n) is 13.1. The fourth-order valence-electron chi connectivity index (χ4n) is 4.58. The average molecular weight is 623 g/mol. The number of fused-ring (bicyclic) bond motifs is 1. The topological polar surface area (TPSA) is 232 Å². The summed E-state index contributed by atoms with van der Waals surface area (Å²) < 4.78 is 42.2.